The van der Waals surface area contributed by atoms with Crippen molar-refractivity contribution in [3.05, 3.63) is 57.9 Å². The van der Waals surface area contributed by atoms with Crippen molar-refractivity contribution in [2.24, 2.45) is 0 Å². The van der Waals surface area contributed by atoms with Gasteiger partial charge in [0.15, 0.2) is 0 Å². The first-order chi connectivity index (χ1) is 12.6. The average Bonchev–Trinajstić information content (AvgIpc) is 2.90. The topological polar surface area (TPSA) is 73.0 Å². The number of carbonyl (C=O) groups excluding carboxylic acids is 1. The van der Waals surface area contributed by atoms with Gasteiger partial charge in [0.1, 0.15) is 5.82 Å². The molecule has 0 saturated carbocycles. The monoisotopic (exact) mass is 351 g/mol. The average molecular weight is 351 g/mol. The van der Waals surface area contributed by atoms with Gasteiger partial charge in [-0.25, -0.2) is 4.98 Å². The number of benzene rings is 1. The SMILES string of the molecule is CCn1cc(C(=O)N2CCc3nc4ccccc4c(=O)n3CC2)c(C)n1. The lowest BCUT2D eigenvalue weighted by Gasteiger charge is -2.19. The molecule has 0 bridgehead atoms. The van der Waals surface area contributed by atoms with E-state index in [4.69, 9.17) is 0 Å². The maximum absolute atomic E-state index is 12.9. The third-order valence-corrected chi connectivity index (χ3v) is 4.93. The molecule has 0 aliphatic carbocycles. The zero-order chi connectivity index (χ0) is 18.3. The summed E-state index contributed by atoms with van der Waals surface area (Å²) in [5.74, 6) is 0.706. The van der Waals surface area contributed by atoms with E-state index in [0.717, 1.165) is 18.1 Å². The van der Waals surface area contributed by atoms with Gasteiger partial charge < -0.3 is 4.90 Å². The number of fused-ring (bicyclic) bond motifs is 2. The van der Waals surface area contributed by atoms with Crippen molar-refractivity contribution in [3.8, 4) is 0 Å². The van der Waals surface area contributed by atoms with Crippen molar-refractivity contribution in [2.45, 2.75) is 33.4 Å². The maximum atomic E-state index is 12.9. The van der Waals surface area contributed by atoms with Crippen LogP contribution in [0.2, 0.25) is 0 Å². The number of rotatable bonds is 2. The molecule has 7 nitrogen and oxygen atoms in total. The van der Waals surface area contributed by atoms with Gasteiger partial charge in [0, 0.05) is 38.8 Å². The largest absolute Gasteiger partial charge is 0.336 e. The molecule has 0 N–H and O–H groups in total. The minimum absolute atomic E-state index is 0.0325. The Hall–Kier alpha value is -2.96. The van der Waals surface area contributed by atoms with Crippen LogP contribution in [0.15, 0.2) is 35.3 Å². The molecule has 0 spiro atoms. The quantitative estimate of drug-likeness (QED) is 0.703. The first kappa shape index (κ1) is 16.5. The number of carbonyl (C=O) groups is 1. The van der Waals surface area contributed by atoms with Crippen LogP contribution < -0.4 is 5.56 Å². The van der Waals surface area contributed by atoms with Crippen molar-refractivity contribution in [1.82, 2.24) is 24.2 Å². The molecule has 2 aromatic heterocycles. The van der Waals surface area contributed by atoms with Crippen molar-refractivity contribution < 1.29 is 4.79 Å². The smallest absolute Gasteiger partial charge is 0.261 e. The van der Waals surface area contributed by atoms with E-state index in [1.807, 2.05) is 32.0 Å². The van der Waals surface area contributed by atoms with Crippen LogP contribution in [-0.2, 0) is 19.5 Å². The zero-order valence-corrected chi connectivity index (χ0v) is 15.0. The minimum Gasteiger partial charge on any atom is -0.336 e. The van der Waals surface area contributed by atoms with E-state index in [9.17, 15) is 9.59 Å². The molecule has 1 aliphatic heterocycles. The number of aromatic nitrogens is 4. The summed E-state index contributed by atoms with van der Waals surface area (Å²) in [6.07, 6.45) is 2.36. The molecule has 1 aromatic carbocycles. The molecule has 134 valence electrons. The van der Waals surface area contributed by atoms with Crippen LogP contribution in [0.4, 0.5) is 0 Å². The van der Waals surface area contributed by atoms with Gasteiger partial charge in [0.2, 0.25) is 0 Å². The van der Waals surface area contributed by atoms with E-state index in [-0.39, 0.29) is 11.5 Å². The summed E-state index contributed by atoms with van der Waals surface area (Å²) < 4.78 is 3.48. The minimum atomic E-state index is -0.0346. The summed E-state index contributed by atoms with van der Waals surface area (Å²) in [7, 11) is 0. The predicted molar refractivity (Wildman–Crippen MR) is 98.2 cm³/mol. The Morgan fingerprint density at radius 2 is 2.00 bits per heavy atom. The summed E-state index contributed by atoms with van der Waals surface area (Å²) in [6.45, 7) is 6.06. The third-order valence-electron chi connectivity index (χ3n) is 4.93. The fraction of sp³-hybridized carbons (Fsp3) is 0.368. The van der Waals surface area contributed by atoms with E-state index in [1.165, 1.54) is 0 Å². The molecule has 0 saturated heterocycles. The molecule has 0 radical (unpaired) electrons. The van der Waals surface area contributed by atoms with Gasteiger partial charge in [-0.05, 0) is 26.0 Å². The summed E-state index contributed by atoms with van der Waals surface area (Å²) in [4.78, 5) is 32.2. The highest BCUT2D eigenvalue weighted by atomic mass is 16.2. The van der Waals surface area contributed by atoms with Gasteiger partial charge in [0.25, 0.3) is 11.5 Å². The van der Waals surface area contributed by atoms with Gasteiger partial charge in [-0.1, -0.05) is 12.1 Å². The first-order valence-electron chi connectivity index (χ1n) is 8.90. The number of nitrogens with zero attached hydrogens (tertiary/aromatic N) is 5. The summed E-state index contributed by atoms with van der Waals surface area (Å²) in [6, 6.07) is 7.38. The molecule has 0 fully saturated rings. The fourth-order valence-electron chi connectivity index (χ4n) is 3.47. The highest BCUT2D eigenvalue weighted by Gasteiger charge is 2.24. The van der Waals surface area contributed by atoms with Crippen LogP contribution >= 0.6 is 0 Å². The number of hydrogen-bond acceptors (Lipinski definition) is 4. The molecular formula is C19H21N5O2. The van der Waals surface area contributed by atoms with Crippen molar-refractivity contribution in [3.63, 3.8) is 0 Å². The van der Waals surface area contributed by atoms with E-state index in [1.54, 1.807) is 26.4 Å². The molecule has 0 unspecified atom stereocenters. The van der Waals surface area contributed by atoms with E-state index >= 15 is 0 Å². The lowest BCUT2D eigenvalue weighted by atomic mass is 10.2. The predicted octanol–water partition coefficient (Wildman–Crippen LogP) is 1.62. The van der Waals surface area contributed by atoms with Crippen LogP contribution in [-0.4, -0.2) is 43.2 Å². The summed E-state index contributed by atoms with van der Waals surface area (Å²) >= 11 is 0. The Balaban J connectivity index is 1.65. The van der Waals surface area contributed by atoms with Crippen molar-refractivity contribution in [1.29, 1.82) is 0 Å². The Kier molecular flexibility index (Phi) is 4.06. The lowest BCUT2D eigenvalue weighted by molar-refractivity contribution is 0.0758. The van der Waals surface area contributed by atoms with Crippen LogP contribution in [0.1, 0.15) is 28.8 Å². The molecule has 4 rings (SSSR count). The second-order valence-electron chi connectivity index (χ2n) is 6.53. The Labute approximate surface area is 150 Å². The van der Waals surface area contributed by atoms with Gasteiger partial charge in [-0.15, -0.1) is 0 Å². The fourth-order valence-corrected chi connectivity index (χ4v) is 3.47. The number of amides is 1. The Morgan fingerprint density at radius 3 is 2.77 bits per heavy atom. The Bertz CT molecular complexity index is 1050. The Morgan fingerprint density at radius 1 is 1.19 bits per heavy atom. The molecular weight excluding hydrogens is 330 g/mol. The van der Waals surface area contributed by atoms with Crippen LogP contribution in [0.3, 0.4) is 0 Å². The first-order valence-corrected chi connectivity index (χ1v) is 8.90. The number of hydrogen-bond donors (Lipinski definition) is 0. The third kappa shape index (κ3) is 2.69. The van der Waals surface area contributed by atoms with Gasteiger partial charge >= 0.3 is 0 Å². The molecule has 0 atom stereocenters. The molecule has 3 aromatic rings. The lowest BCUT2D eigenvalue weighted by Crippen LogP contribution is -2.34. The molecule has 1 aliphatic rings. The number of para-hydroxylation sites is 1. The maximum Gasteiger partial charge on any atom is 0.261 e. The van der Waals surface area contributed by atoms with E-state index in [0.29, 0.717) is 42.5 Å². The zero-order valence-electron chi connectivity index (χ0n) is 15.0. The number of aryl methyl sites for hydroxylation is 2. The molecule has 1 amide bonds. The summed E-state index contributed by atoms with van der Waals surface area (Å²) in [5.41, 5.74) is 2.04. The normalized spacial score (nSPS) is 14.3. The van der Waals surface area contributed by atoms with Crippen LogP contribution in [0.5, 0.6) is 0 Å². The van der Waals surface area contributed by atoms with Crippen LogP contribution in [0, 0.1) is 6.92 Å². The highest BCUT2D eigenvalue weighted by molar-refractivity contribution is 5.95. The van der Waals surface area contributed by atoms with Gasteiger partial charge in [-0.2, -0.15) is 5.10 Å². The highest BCUT2D eigenvalue weighted by Crippen LogP contribution is 2.15. The molecule has 26 heavy (non-hydrogen) atoms. The van der Waals surface area contributed by atoms with E-state index in [2.05, 4.69) is 10.1 Å². The van der Waals surface area contributed by atoms with Gasteiger partial charge in [-0.3, -0.25) is 18.8 Å². The second kappa shape index (κ2) is 6.40. The van der Waals surface area contributed by atoms with Crippen molar-refractivity contribution >= 4 is 16.8 Å². The molecule has 7 heteroatoms. The molecule has 3 heterocycles. The van der Waals surface area contributed by atoms with Gasteiger partial charge in [0.05, 0.1) is 22.2 Å². The standard InChI is InChI=1S/C19H21N5O2/c1-3-23-12-15(13(2)21-23)18(25)22-9-8-17-20-16-7-5-4-6-14(16)19(26)24(17)11-10-22/h4-7,12H,3,8-11H2,1-2H3. The van der Waals surface area contributed by atoms with Crippen molar-refractivity contribution in [2.75, 3.05) is 13.1 Å². The van der Waals surface area contributed by atoms with Crippen LogP contribution in [0.25, 0.3) is 10.9 Å². The second-order valence-corrected chi connectivity index (χ2v) is 6.53. The summed E-state index contributed by atoms with van der Waals surface area (Å²) in [5, 5.41) is 4.98. The van der Waals surface area contributed by atoms with E-state index < -0.39 is 0 Å².